The molecule has 1 aromatic heterocycles. The molecule has 49 heavy (non-hydrogen) atoms. The minimum atomic E-state index is -0.718. The van der Waals surface area contributed by atoms with Gasteiger partial charge >= 0.3 is 0 Å². The molecule has 0 bridgehead atoms. The maximum absolute atomic E-state index is 9.32. The molecule has 0 aliphatic heterocycles. The predicted molar refractivity (Wildman–Crippen MR) is 208 cm³/mol. The lowest BCUT2D eigenvalue weighted by molar-refractivity contribution is 0.671. The van der Waals surface area contributed by atoms with E-state index < -0.39 is 84.1 Å². The first-order chi connectivity index (χ1) is 29.7. The molecule has 0 spiro atoms. The zero-order valence-electron chi connectivity index (χ0n) is 38.7. The topological polar surface area (TPSA) is 13.1 Å². The normalized spacial score (nSPS) is 15.4. The van der Waals surface area contributed by atoms with Gasteiger partial charge in [-0.2, -0.15) is 0 Å². The van der Waals surface area contributed by atoms with E-state index in [9.17, 15) is 5.48 Å². The molecular weight excluding hydrogens is 593 g/mol. The van der Waals surface area contributed by atoms with Crippen molar-refractivity contribution >= 4 is 54.3 Å². The summed E-state index contributed by atoms with van der Waals surface area (Å²) in [6.07, 6.45) is 0. The van der Waals surface area contributed by atoms with Crippen molar-refractivity contribution in [2.75, 3.05) is 0 Å². The van der Waals surface area contributed by atoms with Crippen molar-refractivity contribution in [2.24, 2.45) is 0 Å². The van der Waals surface area contributed by atoms with Crippen LogP contribution in [0.4, 0.5) is 0 Å². The molecule has 9 aromatic carbocycles. The van der Waals surface area contributed by atoms with Gasteiger partial charge in [0.05, 0.1) is 17.8 Å². The number of hydrogen-bond donors (Lipinski definition) is 0. The number of hydrogen-bond acceptors (Lipinski definition) is 1. The lowest BCUT2D eigenvalue weighted by Crippen LogP contribution is -1.91. The van der Waals surface area contributed by atoms with Crippen molar-refractivity contribution in [1.29, 1.82) is 0 Å². The Morgan fingerprint density at radius 3 is 1.49 bits per heavy atom. The minimum absolute atomic E-state index is 0.0577. The van der Waals surface area contributed by atoms with Crippen molar-refractivity contribution in [3.05, 3.63) is 182 Å². The van der Waals surface area contributed by atoms with Crippen LogP contribution in [0.1, 0.15) is 17.8 Å². The average Bonchev–Trinajstić information content (AvgIpc) is 3.68. The summed E-state index contributed by atoms with van der Waals surface area (Å²) in [7, 11) is 0. The molecule has 10 rings (SSSR count). The molecule has 0 saturated carbocycles. The fraction of sp³-hybridized carbons (Fsp3) is 0. The van der Waals surface area contributed by atoms with Crippen LogP contribution in [0.2, 0.25) is 0 Å². The van der Waals surface area contributed by atoms with Crippen LogP contribution in [-0.2, 0) is 0 Å². The van der Waals surface area contributed by atoms with E-state index >= 15 is 0 Å². The molecule has 0 fully saturated rings. The summed E-state index contributed by atoms with van der Waals surface area (Å²) in [5.41, 5.74) is 4.11. The second-order valence-electron chi connectivity index (χ2n) is 11.9. The van der Waals surface area contributed by atoms with Crippen molar-refractivity contribution in [3.63, 3.8) is 0 Å². The summed E-state index contributed by atoms with van der Waals surface area (Å²) in [6, 6.07) is 24.8. The number of fused-ring (bicyclic) bond motifs is 6. The maximum atomic E-state index is 9.32. The van der Waals surface area contributed by atoms with Gasteiger partial charge in [0.15, 0.2) is 0 Å². The van der Waals surface area contributed by atoms with E-state index in [1.54, 1.807) is 18.2 Å². The molecule has 0 amide bonds. The summed E-state index contributed by atoms with van der Waals surface area (Å²) in [5.74, 6) is 0. The summed E-state index contributed by atoms with van der Waals surface area (Å²) < 4.78 is 122. The second kappa shape index (κ2) is 11.1. The van der Waals surface area contributed by atoms with Crippen LogP contribution in [0.25, 0.3) is 98.8 Å². The van der Waals surface area contributed by atoms with Gasteiger partial charge in [-0.15, -0.1) is 0 Å². The van der Waals surface area contributed by atoms with E-state index in [-0.39, 0.29) is 32.7 Å². The summed E-state index contributed by atoms with van der Waals surface area (Å²) >= 11 is 0. The van der Waals surface area contributed by atoms with Gasteiger partial charge in [-0.3, -0.25) is 0 Å². The largest absolute Gasteiger partial charge is 0.455 e. The van der Waals surface area contributed by atoms with Crippen molar-refractivity contribution < 1.29 is 22.2 Å². The van der Waals surface area contributed by atoms with Crippen molar-refractivity contribution in [2.45, 2.75) is 0 Å². The Morgan fingerprint density at radius 1 is 0.347 bits per heavy atom. The van der Waals surface area contributed by atoms with Gasteiger partial charge in [0.1, 0.15) is 11.2 Å². The maximum Gasteiger partial charge on any atom is 0.143 e. The first-order valence-corrected chi connectivity index (χ1v) is 15.8. The van der Waals surface area contributed by atoms with Crippen LogP contribution in [0.15, 0.2) is 186 Å². The van der Waals surface area contributed by atoms with E-state index in [4.69, 9.17) is 16.8 Å². The van der Waals surface area contributed by atoms with Crippen LogP contribution >= 0.6 is 0 Å². The number of rotatable bonds is 4. The highest BCUT2D eigenvalue weighted by molar-refractivity contribution is 6.21. The Morgan fingerprint density at radius 2 is 0.857 bits per heavy atom. The second-order valence-corrected chi connectivity index (χ2v) is 11.9. The van der Waals surface area contributed by atoms with E-state index in [2.05, 4.69) is 30.3 Å². The third-order valence-electron chi connectivity index (χ3n) is 9.17. The zero-order valence-corrected chi connectivity index (χ0v) is 25.7. The van der Waals surface area contributed by atoms with Gasteiger partial charge < -0.3 is 4.42 Å². The molecule has 1 nitrogen and oxygen atoms in total. The Bertz CT molecular complexity index is 3520. The average molecular weight is 636 g/mol. The fourth-order valence-corrected chi connectivity index (χ4v) is 7.01. The van der Waals surface area contributed by atoms with Crippen molar-refractivity contribution in [3.8, 4) is 44.5 Å². The molecule has 0 N–H and O–H groups in total. The molecule has 0 aliphatic rings. The standard InChI is InChI=1S/C48H30O/c1-2-14-32(15-3-1)45-39-19-6-8-21-41(39)46(42-22-9-7-20-40(42)45)36-18-10-17-34(30-36)37-23-11-25-43-44-26-12-24-38(48(44)49-47(37)43)35-28-27-31-13-4-5-16-33(31)29-35/h1-30H/i1D,2D,3D,6D,7D,8D,9D,14D,15D,19D,20D,21D,22D. The summed E-state index contributed by atoms with van der Waals surface area (Å²) in [6.45, 7) is 0. The van der Waals surface area contributed by atoms with Crippen molar-refractivity contribution in [1.82, 2.24) is 0 Å². The molecule has 1 heteroatoms. The van der Waals surface area contributed by atoms with Crippen LogP contribution in [0.5, 0.6) is 0 Å². The Kier molecular flexibility index (Phi) is 3.99. The van der Waals surface area contributed by atoms with Gasteiger partial charge in [0.2, 0.25) is 0 Å². The summed E-state index contributed by atoms with van der Waals surface area (Å²) in [4.78, 5) is 0. The highest BCUT2D eigenvalue weighted by Crippen LogP contribution is 2.45. The lowest BCUT2D eigenvalue weighted by atomic mass is 9.85. The van der Waals surface area contributed by atoms with Crippen LogP contribution < -0.4 is 0 Å². The minimum Gasteiger partial charge on any atom is -0.455 e. The quantitative estimate of drug-likeness (QED) is 0.175. The van der Waals surface area contributed by atoms with E-state index in [1.165, 1.54) is 0 Å². The summed E-state index contributed by atoms with van der Waals surface area (Å²) in [5, 5.41) is 3.16. The Labute approximate surface area is 302 Å². The van der Waals surface area contributed by atoms with Gasteiger partial charge in [-0.25, -0.2) is 0 Å². The van der Waals surface area contributed by atoms with Gasteiger partial charge in [-0.05, 0) is 77.8 Å². The first kappa shape index (κ1) is 17.6. The van der Waals surface area contributed by atoms with Gasteiger partial charge in [0, 0.05) is 21.9 Å². The number of para-hydroxylation sites is 2. The Balaban J connectivity index is 1.30. The van der Waals surface area contributed by atoms with Crippen LogP contribution in [0.3, 0.4) is 0 Å². The van der Waals surface area contributed by atoms with E-state index in [1.807, 2.05) is 54.6 Å². The smallest absolute Gasteiger partial charge is 0.143 e. The van der Waals surface area contributed by atoms with Crippen LogP contribution in [-0.4, -0.2) is 0 Å². The highest BCUT2D eigenvalue weighted by atomic mass is 16.3. The fourth-order valence-electron chi connectivity index (χ4n) is 7.01. The SMILES string of the molecule is [2H]c1c([2H])c([2H])c(-c2c3c([2H])c([2H])c([2H])c([2H])c3c(-c3cccc(-c4cccc5c4oc4c(-c6ccc7ccccc7c6)cccc45)c3)c3c([2H])c([2H])c([2H])c([2H])c23)c([2H])c1[2H]. The first-order valence-electron chi connectivity index (χ1n) is 22.3. The third kappa shape index (κ3) is 4.40. The van der Waals surface area contributed by atoms with Gasteiger partial charge in [-0.1, -0.05) is 170 Å². The molecule has 0 radical (unpaired) electrons. The molecule has 228 valence electrons. The molecule has 0 unspecified atom stereocenters. The number of benzene rings is 9. The van der Waals surface area contributed by atoms with Crippen LogP contribution in [0, 0.1) is 0 Å². The monoisotopic (exact) mass is 635 g/mol. The predicted octanol–water partition coefficient (Wildman–Crippen LogP) is 13.7. The lowest BCUT2D eigenvalue weighted by Gasteiger charge is -2.18. The Hall–Kier alpha value is -6.44. The molecule has 1 heterocycles. The number of furan rings is 1. The van der Waals surface area contributed by atoms with E-state index in [0.29, 0.717) is 27.9 Å². The molecule has 0 aliphatic carbocycles. The third-order valence-corrected chi connectivity index (χ3v) is 9.17. The van der Waals surface area contributed by atoms with E-state index in [0.717, 1.165) is 32.7 Å². The molecule has 0 atom stereocenters. The van der Waals surface area contributed by atoms with Gasteiger partial charge in [0.25, 0.3) is 0 Å². The molecule has 0 saturated heterocycles. The molecule has 10 aromatic rings. The zero-order chi connectivity index (χ0) is 43.6. The molecular formula is C48H30O. The highest BCUT2D eigenvalue weighted by Gasteiger charge is 2.19.